The number of hydrogen-bond donors (Lipinski definition) is 1. The smallest absolute Gasteiger partial charge is 0.497 e. The molecule has 0 radical (unpaired) electrons. The van der Waals surface area contributed by atoms with E-state index in [1.54, 1.807) is 83.3 Å². The molecule has 0 bridgehead atoms. The lowest BCUT2D eigenvalue weighted by Crippen LogP contribution is -2.65. The molecule has 0 aliphatic carbocycles. The Kier molecular flexibility index (Phi) is 8.87. The van der Waals surface area contributed by atoms with Gasteiger partial charge in [-0.05, 0) is 69.7 Å². The van der Waals surface area contributed by atoms with Crippen LogP contribution in [0.15, 0.2) is 58.8 Å². The lowest BCUT2D eigenvalue weighted by molar-refractivity contribution is -0.143. The molecule has 1 atom stereocenters. The third kappa shape index (κ3) is 5.37. The molecule has 0 amide bonds. The summed E-state index contributed by atoms with van der Waals surface area (Å²) >= 11 is 0. The number of aliphatic carboxylic acids is 1. The van der Waals surface area contributed by atoms with E-state index in [-0.39, 0.29) is 19.8 Å². The number of carboxylic acid groups (broad SMARTS) is 1. The summed E-state index contributed by atoms with van der Waals surface area (Å²) in [5, 5.41) is 17.2. The van der Waals surface area contributed by atoms with Crippen molar-refractivity contribution < 1.29 is 27.9 Å². The predicted molar refractivity (Wildman–Crippen MR) is 119 cm³/mol. The Labute approximate surface area is 184 Å². The Morgan fingerprint density at radius 2 is 1.29 bits per heavy atom. The molecule has 0 saturated carbocycles. The van der Waals surface area contributed by atoms with Gasteiger partial charge in [-0.1, -0.05) is 12.1 Å². The van der Waals surface area contributed by atoms with Gasteiger partial charge in [-0.2, -0.15) is 10.2 Å². The van der Waals surface area contributed by atoms with Crippen LogP contribution in [0.3, 0.4) is 0 Å². The normalized spacial score (nSPS) is 13.8. The molecule has 1 N–H and O–H groups in total. The number of carbonyl (C=O) groups is 1. The fraction of sp³-hybridized carbons (Fsp3) is 0.409. The molecule has 2 rings (SSSR count). The van der Waals surface area contributed by atoms with Crippen LogP contribution in [-0.2, 0) is 23.1 Å². The van der Waals surface area contributed by atoms with Gasteiger partial charge in [0, 0.05) is 19.8 Å². The average molecular weight is 447 g/mol. The zero-order valence-electron chi connectivity index (χ0n) is 18.6. The second kappa shape index (κ2) is 11.1. The first-order chi connectivity index (χ1) is 14.9. The molecule has 31 heavy (non-hydrogen) atoms. The van der Waals surface area contributed by atoms with Crippen molar-refractivity contribution in [2.45, 2.75) is 32.7 Å². The van der Waals surface area contributed by atoms with Gasteiger partial charge >= 0.3 is 14.8 Å². The Morgan fingerprint density at radius 3 is 1.65 bits per heavy atom. The molecule has 8 nitrogen and oxygen atoms in total. The fourth-order valence-corrected chi connectivity index (χ4v) is 6.22. The van der Waals surface area contributed by atoms with Crippen LogP contribution in [-0.4, -0.2) is 46.8 Å². The van der Waals surface area contributed by atoms with Gasteiger partial charge < -0.3 is 23.1 Å². The second-order valence-corrected chi connectivity index (χ2v) is 9.71. The van der Waals surface area contributed by atoms with Crippen molar-refractivity contribution in [1.82, 2.24) is 0 Å². The quantitative estimate of drug-likeness (QED) is 0.362. The maximum absolute atomic E-state index is 12.5. The molecular weight excluding hydrogens is 416 g/mol. The van der Waals surface area contributed by atoms with Crippen LogP contribution in [0.2, 0.25) is 0 Å². The van der Waals surface area contributed by atoms with Gasteiger partial charge in [0.05, 0.1) is 18.5 Å². The standard InChI is InChI=1S/C22H30N2O6Si/c1-6-28-31(29-7-2,30-8-3)22(4,21(25)26)17-9-11-18(12-10-17)23-24-19-13-15-20(27-5)16-14-19/h9-16H,6-8H2,1-5H3,(H,25,26). The number of azo groups is 1. The fourth-order valence-electron chi connectivity index (χ4n) is 3.19. The van der Waals surface area contributed by atoms with E-state index >= 15 is 0 Å². The molecule has 0 aromatic heterocycles. The molecule has 168 valence electrons. The van der Waals surface area contributed by atoms with Crippen molar-refractivity contribution in [3.8, 4) is 5.75 Å². The van der Waals surface area contributed by atoms with Crippen LogP contribution in [0, 0.1) is 0 Å². The van der Waals surface area contributed by atoms with Crippen LogP contribution in [0.1, 0.15) is 33.3 Å². The van der Waals surface area contributed by atoms with Crippen molar-refractivity contribution in [2.75, 3.05) is 26.9 Å². The minimum absolute atomic E-state index is 0.281. The summed E-state index contributed by atoms with van der Waals surface area (Å²) in [6.07, 6.45) is 0. The van der Waals surface area contributed by atoms with Crippen molar-refractivity contribution in [3.05, 3.63) is 54.1 Å². The first-order valence-electron chi connectivity index (χ1n) is 10.2. The summed E-state index contributed by atoms with van der Waals surface area (Å²) in [6.45, 7) is 7.83. The summed E-state index contributed by atoms with van der Waals surface area (Å²) in [5.41, 5.74) is 1.78. The van der Waals surface area contributed by atoms with E-state index in [9.17, 15) is 9.90 Å². The number of carboxylic acids is 1. The maximum Gasteiger partial charge on any atom is 0.523 e. The molecule has 2 aromatic rings. The van der Waals surface area contributed by atoms with Crippen LogP contribution in [0.5, 0.6) is 5.75 Å². The van der Waals surface area contributed by atoms with E-state index in [2.05, 4.69) is 10.2 Å². The van der Waals surface area contributed by atoms with Crippen LogP contribution >= 0.6 is 0 Å². The van der Waals surface area contributed by atoms with Gasteiger partial charge in [-0.3, -0.25) is 4.79 Å². The van der Waals surface area contributed by atoms with E-state index in [1.807, 2.05) is 0 Å². The highest BCUT2D eigenvalue weighted by molar-refractivity contribution is 6.68. The lowest BCUT2D eigenvalue weighted by atomic mass is 10.00. The molecule has 0 aliphatic heterocycles. The van der Waals surface area contributed by atoms with Gasteiger partial charge in [0.2, 0.25) is 0 Å². The maximum atomic E-state index is 12.5. The highest BCUT2D eigenvalue weighted by Crippen LogP contribution is 2.38. The number of methoxy groups -OCH3 is 1. The van der Waals surface area contributed by atoms with Crippen molar-refractivity contribution >= 4 is 26.1 Å². The molecule has 0 spiro atoms. The zero-order valence-corrected chi connectivity index (χ0v) is 19.6. The van der Waals surface area contributed by atoms with Crippen LogP contribution in [0.4, 0.5) is 11.4 Å². The molecular formula is C22H30N2O6Si. The molecule has 9 heteroatoms. The number of rotatable bonds is 12. The number of benzene rings is 2. The van der Waals surface area contributed by atoms with Crippen LogP contribution in [0.25, 0.3) is 0 Å². The Hall–Kier alpha value is -2.59. The molecule has 0 aliphatic rings. The largest absolute Gasteiger partial charge is 0.523 e. The Morgan fingerprint density at radius 1 is 0.871 bits per heavy atom. The van der Waals surface area contributed by atoms with Gasteiger partial charge in [-0.25, -0.2) is 0 Å². The molecule has 0 heterocycles. The average Bonchev–Trinajstić information content (AvgIpc) is 2.78. The van der Waals surface area contributed by atoms with E-state index in [4.69, 9.17) is 18.0 Å². The minimum Gasteiger partial charge on any atom is -0.497 e. The van der Waals surface area contributed by atoms with E-state index in [0.29, 0.717) is 16.9 Å². The Bertz CT molecular complexity index is 856. The van der Waals surface area contributed by atoms with Gasteiger partial charge in [0.1, 0.15) is 5.75 Å². The lowest BCUT2D eigenvalue weighted by Gasteiger charge is -2.40. The number of nitrogens with zero attached hydrogens (tertiary/aromatic N) is 2. The van der Waals surface area contributed by atoms with Crippen molar-refractivity contribution in [3.63, 3.8) is 0 Å². The monoisotopic (exact) mass is 446 g/mol. The first-order valence-corrected chi connectivity index (χ1v) is 11.9. The summed E-state index contributed by atoms with van der Waals surface area (Å²) in [5.74, 6) is -0.330. The van der Waals surface area contributed by atoms with Gasteiger partial charge in [-0.15, -0.1) is 0 Å². The van der Waals surface area contributed by atoms with Crippen molar-refractivity contribution in [2.24, 2.45) is 10.2 Å². The first kappa shape index (κ1) is 24.7. The zero-order chi connectivity index (χ0) is 22.9. The summed E-state index contributed by atoms with van der Waals surface area (Å²) in [4.78, 5) is 12.5. The molecule has 0 saturated heterocycles. The van der Waals surface area contributed by atoms with Gasteiger partial charge in [0.25, 0.3) is 0 Å². The molecule has 0 fully saturated rings. The van der Waals surface area contributed by atoms with E-state index < -0.39 is 19.8 Å². The summed E-state index contributed by atoms with van der Waals surface area (Å²) < 4.78 is 22.8. The van der Waals surface area contributed by atoms with Gasteiger partial charge in [0.15, 0.2) is 5.04 Å². The number of ether oxygens (including phenoxy) is 1. The molecule has 2 aromatic carbocycles. The van der Waals surface area contributed by atoms with E-state index in [0.717, 1.165) is 5.75 Å². The second-order valence-electron chi connectivity index (χ2n) is 6.73. The highest BCUT2D eigenvalue weighted by atomic mass is 28.4. The minimum atomic E-state index is -3.62. The highest BCUT2D eigenvalue weighted by Gasteiger charge is 2.64. The summed E-state index contributed by atoms with van der Waals surface area (Å²) in [7, 11) is -2.02. The third-order valence-corrected chi connectivity index (χ3v) is 8.57. The van der Waals surface area contributed by atoms with Crippen LogP contribution < -0.4 is 4.74 Å². The van der Waals surface area contributed by atoms with Crippen molar-refractivity contribution in [1.29, 1.82) is 0 Å². The predicted octanol–water partition coefficient (Wildman–Crippen LogP) is 5.04. The SMILES string of the molecule is CCO[Si](OCC)(OCC)C(C)(C(=O)O)c1ccc(N=Nc2ccc(OC)cc2)cc1. The molecule has 1 unspecified atom stereocenters. The third-order valence-electron chi connectivity index (χ3n) is 4.84. The topological polar surface area (TPSA) is 98.9 Å². The Balaban J connectivity index is 2.38. The summed E-state index contributed by atoms with van der Waals surface area (Å²) in [6, 6.07) is 14.0. The van der Waals surface area contributed by atoms with E-state index in [1.165, 1.54) is 0 Å². The number of hydrogen-bond acceptors (Lipinski definition) is 7.